The highest BCUT2D eigenvalue weighted by atomic mass is 35.5. The van der Waals surface area contributed by atoms with Crippen molar-refractivity contribution in [3.05, 3.63) is 70.3 Å². The SMILES string of the molecule is Cc1nsc(/C=C/C(=O)N2CC[C@@H](N(C)c3nc(OC[C@@]45CCCN4C[C@H](F)C5)nc4c(F)c(-c5cccc6cccc(Cl)c56)ncc34)C2)n1. The van der Waals surface area contributed by atoms with E-state index in [0.717, 1.165) is 24.8 Å². The average Bonchev–Trinajstić information content (AvgIpc) is 3.91. The number of hydrogen-bond donors (Lipinski definition) is 0. The molecule has 8 rings (SSSR count). The van der Waals surface area contributed by atoms with Crippen LogP contribution in [0.4, 0.5) is 14.6 Å². The molecule has 3 aliphatic heterocycles. The molecule has 0 unspecified atom stereocenters. The number of anilines is 1. The van der Waals surface area contributed by atoms with Gasteiger partial charge in [-0.15, -0.1) is 0 Å². The van der Waals surface area contributed by atoms with Crippen LogP contribution in [0.15, 0.2) is 48.7 Å². The van der Waals surface area contributed by atoms with Gasteiger partial charge >= 0.3 is 6.01 Å². The molecule has 1 amide bonds. The second-order valence-corrected chi connectivity index (χ2v) is 14.6. The molecule has 5 aromatic rings. The lowest BCUT2D eigenvalue weighted by atomic mass is 9.95. The molecule has 0 spiro atoms. The topological polar surface area (TPSA) is 100 Å². The molecule has 0 aliphatic carbocycles. The first-order valence-corrected chi connectivity index (χ1v) is 17.9. The van der Waals surface area contributed by atoms with Gasteiger partial charge in [0.1, 0.15) is 40.6 Å². The number of carbonyl (C=O) groups excluding carboxylic acids is 1. The Morgan fingerprint density at radius 1 is 1.18 bits per heavy atom. The van der Waals surface area contributed by atoms with E-state index in [1.807, 2.05) is 43.1 Å². The summed E-state index contributed by atoms with van der Waals surface area (Å²) in [5.41, 5.74) is 0.285. The molecule has 3 aliphatic rings. The Balaban J connectivity index is 1.15. The van der Waals surface area contributed by atoms with Crippen molar-refractivity contribution in [2.75, 3.05) is 44.7 Å². The summed E-state index contributed by atoms with van der Waals surface area (Å²) in [4.78, 5) is 37.3. The van der Waals surface area contributed by atoms with E-state index in [4.69, 9.17) is 21.3 Å². The van der Waals surface area contributed by atoms with Crippen LogP contribution in [0.3, 0.4) is 0 Å². The maximum atomic E-state index is 16.8. The zero-order valence-electron chi connectivity index (χ0n) is 27.7. The smallest absolute Gasteiger partial charge is 0.319 e. The number of ether oxygens (including phenoxy) is 1. The Bertz CT molecular complexity index is 2140. The van der Waals surface area contributed by atoms with Crippen molar-refractivity contribution in [2.45, 2.75) is 50.4 Å². The number of rotatable bonds is 8. The number of alkyl halides is 1. The van der Waals surface area contributed by atoms with Crippen molar-refractivity contribution in [1.82, 2.24) is 34.1 Å². The van der Waals surface area contributed by atoms with Gasteiger partial charge in [-0.2, -0.15) is 14.3 Å². The fourth-order valence-electron chi connectivity index (χ4n) is 7.74. The number of benzene rings is 2. The Morgan fingerprint density at radius 2 is 2.02 bits per heavy atom. The van der Waals surface area contributed by atoms with E-state index in [9.17, 15) is 9.18 Å². The van der Waals surface area contributed by atoms with E-state index >= 15 is 4.39 Å². The van der Waals surface area contributed by atoms with E-state index in [1.165, 1.54) is 17.6 Å². The average molecular weight is 717 g/mol. The number of carbonyl (C=O) groups is 1. The molecule has 3 saturated heterocycles. The third-order valence-electron chi connectivity index (χ3n) is 10.3. The summed E-state index contributed by atoms with van der Waals surface area (Å²) in [6, 6.07) is 11.0. The van der Waals surface area contributed by atoms with Crippen LogP contribution < -0.4 is 9.64 Å². The first kappa shape index (κ1) is 32.9. The lowest BCUT2D eigenvalue weighted by Gasteiger charge is -2.31. The van der Waals surface area contributed by atoms with Gasteiger partial charge in [0, 0.05) is 67.4 Å². The monoisotopic (exact) mass is 716 g/mol. The first-order valence-electron chi connectivity index (χ1n) is 16.7. The van der Waals surface area contributed by atoms with Gasteiger partial charge < -0.3 is 14.5 Å². The van der Waals surface area contributed by atoms with Crippen LogP contribution in [0.2, 0.25) is 5.02 Å². The Labute approximate surface area is 296 Å². The van der Waals surface area contributed by atoms with Gasteiger partial charge in [-0.3, -0.25) is 14.7 Å². The van der Waals surface area contributed by atoms with Crippen LogP contribution in [-0.4, -0.2) is 97.6 Å². The highest BCUT2D eigenvalue weighted by Crippen LogP contribution is 2.41. The van der Waals surface area contributed by atoms with E-state index in [-0.39, 0.29) is 35.8 Å². The maximum Gasteiger partial charge on any atom is 0.319 e. The fourth-order valence-corrected chi connectivity index (χ4v) is 8.59. The predicted octanol–water partition coefficient (Wildman–Crippen LogP) is 6.50. The number of pyridine rings is 1. The zero-order chi connectivity index (χ0) is 34.6. The molecular formula is C36H35ClF2N8O2S. The van der Waals surface area contributed by atoms with Crippen LogP contribution in [0.5, 0.6) is 6.01 Å². The minimum Gasteiger partial charge on any atom is -0.461 e. The van der Waals surface area contributed by atoms with E-state index in [0.29, 0.717) is 70.5 Å². The number of nitrogens with zero attached hydrogens (tertiary/aromatic N) is 8. The van der Waals surface area contributed by atoms with E-state index in [2.05, 4.69) is 24.2 Å². The lowest BCUT2D eigenvalue weighted by molar-refractivity contribution is -0.124. The summed E-state index contributed by atoms with van der Waals surface area (Å²) >= 11 is 7.86. The van der Waals surface area contributed by atoms with Gasteiger partial charge in [0.05, 0.1) is 10.9 Å². The van der Waals surface area contributed by atoms with Gasteiger partial charge in [-0.1, -0.05) is 41.9 Å². The van der Waals surface area contributed by atoms with Crippen molar-refractivity contribution >= 4 is 62.6 Å². The number of hydrogen-bond acceptors (Lipinski definition) is 10. The second kappa shape index (κ2) is 13.1. The first-order chi connectivity index (χ1) is 24.2. The van der Waals surface area contributed by atoms with E-state index < -0.39 is 17.5 Å². The van der Waals surface area contributed by atoms with Gasteiger partial charge in [-0.05, 0) is 61.8 Å². The second-order valence-electron chi connectivity index (χ2n) is 13.4. The number of aryl methyl sites for hydroxylation is 1. The van der Waals surface area contributed by atoms with E-state index in [1.54, 1.807) is 29.3 Å². The van der Waals surface area contributed by atoms with Crippen molar-refractivity contribution in [3.63, 3.8) is 0 Å². The number of amides is 1. The highest BCUT2D eigenvalue weighted by Gasteiger charge is 2.49. The quantitative estimate of drug-likeness (QED) is 0.167. The maximum absolute atomic E-state index is 16.8. The molecule has 6 heterocycles. The van der Waals surface area contributed by atoms with Crippen molar-refractivity contribution in [2.24, 2.45) is 0 Å². The summed E-state index contributed by atoms with van der Waals surface area (Å²) in [5, 5.41) is 3.12. The van der Waals surface area contributed by atoms with Gasteiger partial charge in [0.25, 0.3) is 0 Å². The minimum absolute atomic E-state index is 0.0103. The van der Waals surface area contributed by atoms with Crippen LogP contribution in [-0.2, 0) is 4.79 Å². The third-order valence-corrected chi connectivity index (χ3v) is 11.3. The molecule has 50 heavy (non-hydrogen) atoms. The number of aromatic nitrogens is 5. The Hall–Kier alpha value is -4.33. The van der Waals surface area contributed by atoms with Crippen molar-refractivity contribution < 1.29 is 18.3 Å². The van der Waals surface area contributed by atoms with Crippen LogP contribution in [0, 0.1) is 12.7 Å². The fraction of sp³-hybridized carbons (Fsp3) is 0.389. The summed E-state index contributed by atoms with van der Waals surface area (Å²) < 4.78 is 41.8. The molecule has 10 nitrogen and oxygen atoms in total. The molecular weight excluding hydrogens is 682 g/mol. The predicted molar refractivity (Wildman–Crippen MR) is 191 cm³/mol. The Kier molecular flexibility index (Phi) is 8.60. The lowest BCUT2D eigenvalue weighted by Crippen LogP contribution is -2.43. The molecule has 3 atom stereocenters. The Morgan fingerprint density at radius 3 is 2.84 bits per heavy atom. The third kappa shape index (κ3) is 5.94. The summed E-state index contributed by atoms with van der Waals surface area (Å²) in [6.07, 6.45) is 6.72. The zero-order valence-corrected chi connectivity index (χ0v) is 29.2. The standard InChI is InChI=1S/C36H35ClF2N8O2S/c1-21-41-28(50-44-21)10-11-29(48)46-15-12-24(19-46)45(2)34-26-17-40-32(25-8-3-6-22-7-4-9-27(37)30(22)25)31(39)33(26)42-35(43-34)49-20-36-13-5-14-47(36)18-23(38)16-36/h3-4,6-11,17,23-24H,5,12-16,18-20H2,1-2H3/b11-10+/t23-,24-,36+/m1/s1. The highest BCUT2D eigenvalue weighted by molar-refractivity contribution is 7.06. The van der Waals surface area contributed by atoms with Crippen LogP contribution in [0.1, 0.15) is 36.5 Å². The number of fused-ring (bicyclic) bond motifs is 3. The summed E-state index contributed by atoms with van der Waals surface area (Å²) in [6.45, 7) is 4.20. The number of likely N-dealkylation sites (tertiary alicyclic amines) is 1. The molecule has 258 valence electrons. The van der Waals surface area contributed by atoms with Crippen LogP contribution >= 0.6 is 23.1 Å². The van der Waals surface area contributed by atoms with Gasteiger partial charge in [-0.25, -0.2) is 13.8 Å². The molecule has 14 heteroatoms. The molecule has 0 bridgehead atoms. The van der Waals surface area contributed by atoms with Crippen molar-refractivity contribution in [1.29, 1.82) is 0 Å². The number of likely N-dealkylation sites (N-methyl/N-ethyl adjacent to an activating group) is 1. The van der Waals surface area contributed by atoms with Gasteiger partial charge in [0.2, 0.25) is 5.91 Å². The minimum atomic E-state index is -0.915. The molecule has 0 N–H and O–H groups in total. The summed E-state index contributed by atoms with van der Waals surface area (Å²) in [7, 11) is 1.88. The molecule has 0 saturated carbocycles. The summed E-state index contributed by atoms with van der Waals surface area (Å²) in [5.74, 6) is 0.357. The normalized spacial score (nSPS) is 22.3. The molecule has 3 aromatic heterocycles. The molecule has 0 radical (unpaired) electrons. The van der Waals surface area contributed by atoms with Crippen molar-refractivity contribution in [3.8, 4) is 17.3 Å². The van der Waals surface area contributed by atoms with Crippen LogP contribution in [0.25, 0.3) is 39.0 Å². The number of halogens is 3. The largest absolute Gasteiger partial charge is 0.461 e. The molecule has 3 fully saturated rings. The van der Waals surface area contributed by atoms with Gasteiger partial charge in [0.15, 0.2) is 5.82 Å². The molecule has 2 aromatic carbocycles.